The maximum absolute atomic E-state index is 9.59. The van der Waals surface area contributed by atoms with Gasteiger partial charge in [0.1, 0.15) is 0 Å². The number of anilines is 1. The standard InChI is InChI=1S/C14H22BrNO3/c1-11(17)12-4-5-14(13(15)10-12)16(6-8-18-2)7-9-19-3/h4-5,10-11,17H,6-9H2,1-3H3/t11-/m1/s1. The highest BCUT2D eigenvalue weighted by molar-refractivity contribution is 9.10. The molecular formula is C14H22BrNO3. The van der Waals surface area contributed by atoms with Crippen LogP contribution >= 0.6 is 15.9 Å². The van der Waals surface area contributed by atoms with Gasteiger partial charge >= 0.3 is 0 Å². The number of aliphatic hydroxyl groups is 1. The summed E-state index contributed by atoms with van der Waals surface area (Å²) in [6.45, 7) is 4.68. The smallest absolute Gasteiger partial charge is 0.0762 e. The van der Waals surface area contributed by atoms with Crippen LogP contribution in [0.25, 0.3) is 0 Å². The maximum Gasteiger partial charge on any atom is 0.0762 e. The van der Waals surface area contributed by atoms with Gasteiger partial charge in [-0.3, -0.25) is 0 Å². The molecule has 0 fully saturated rings. The number of rotatable bonds is 8. The summed E-state index contributed by atoms with van der Waals surface area (Å²) in [4.78, 5) is 2.20. The van der Waals surface area contributed by atoms with Gasteiger partial charge in [0.2, 0.25) is 0 Å². The van der Waals surface area contributed by atoms with E-state index >= 15 is 0 Å². The van der Waals surface area contributed by atoms with E-state index in [-0.39, 0.29) is 0 Å². The molecule has 0 saturated heterocycles. The molecule has 0 bridgehead atoms. The van der Waals surface area contributed by atoms with Crippen LogP contribution in [0.2, 0.25) is 0 Å². The molecule has 1 rings (SSSR count). The number of nitrogens with zero attached hydrogens (tertiary/aromatic N) is 1. The number of hydrogen-bond acceptors (Lipinski definition) is 4. The van der Waals surface area contributed by atoms with Crippen LogP contribution < -0.4 is 4.90 Å². The Bertz CT molecular complexity index is 377. The summed E-state index contributed by atoms with van der Waals surface area (Å²) in [5.41, 5.74) is 1.98. The Labute approximate surface area is 123 Å². The van der Waals surface area contributed by atoms with E-state index in [2.05, 4.69) is 20.8 Å². The van der Waals surface area contributed by atoms with Crippen LogP contribution in [-0.4, -0.2) is 45.6 Å². The van der Waals surface area contributed by atoms with E-state index in [1.807, 2.05) is 18.2 Å². The molecule has 0 heterocycles. The Morgan fingerprint density at radius 3 is 2.21 bits per heavy atom. The van der Waals surface area contributed by atoms with Gasteiger partial charge in [-0.1, -0.05) is 6.07 Å². The predicted molar refractivity (Wildman–Crippen MR) is 80.7 cm³/mol. The summed E-state index contributed by atoms with van der Waals surface area (Å²) in [6, 6.07) is 5.90. The minimum Gasteiger partial charge on any atom is -0.389 e. The van der Waals surface area contributed by atoms with Gasteiger partial charge in [-0.25, -0.2) is 0 Å². The summed E-state index contributed by atoms with van der Waals surface area (Å²) in [7, 11) is 3.39. The molecular weight excluding hydrogens is 310 g/mol. The van der Waals surface area contributed by atoms with Crippen molar-refractivity contribution in [3.05, 3.63) is 28.2 Å². The fourth-order valence-corrected chi connectivity index (χ4v) is 2.44. The topological polar surface area (TPSA) is 41.9 Å². The molecule has 0 aliphatic carbocycles. The van der Waals surface area contributed by atoms with Crippen LogP contribution in [0.3, 0.4) is 0 Å². The summed E-state index contributed by atoms with van der Waals surface area (Å²) in [5, 5.41) is 9.59. The van der Waals surface area contributed by atoms with Crippen molar-refractivity contribution in [1.29, 1.82) is 0 Å². The first-order chi connectivity index (χ1) is 9.10. The van der Waals surface area contributed by atoms with Crippen LogP contribution in [0.4, 0.5) is 5.69 Å². The van der Waals surface area contributed by atoms with Crippen molar-refractivity contribution >= 4 is 21.6 Å². The lowest BCUT2D eigenvalue weighted by Gasteiger charge is -2.26. The van der Waals surface area contributed by atoms with Crippen molar-refractivity contribution in [3.8, 4) is 0 Å². The van der Waals surface area contributed by atoms with E-state index in [4.69, 9.17) is 9.47 Å². The average molecular weight is 332 g/mol. The summed E-state index contributed by atoms with van der Waals surface area (Å²) in [6.07, 6.45) is -0.461. The van der Waals surface area contributed by atoms with Crippen LogP contribution in [0, 0.1) is 0 Å². The summed E-state index contributed by atoms with van der Waals surface area (Å²) >= 11 is 3.57. The minimum atomic E-state index is -0.461. The highest BCUT2D eigenvalue weighted by Gasteiger charge is 2.11. The molecule has 1 atom stereocenters. The monoisotopic (exact) mass is 331 g/mol. The molecule has 0 aliphatic heterocycles. The molecule has 0 saturated carbocycles. The minimum absolute atomic E-state index is 0.461. The second-order valence-corrected chi connectivity index (χ2v) is 5.21. The SMILES string of the molecule is COCCN(CCOC)c1ccc([C@@H](C)O)cc1Br. The molecule has 0 spiro atoms. The first-order valence-electron chi connectivity index (χ1n) is 6.30. The van der Waals surface area contributed by atoms with Crippen LogP contribution in [0.5, 0.6) is 0 Å². The third kappa shape index (κ3) is 5.10. The lowest BCUT2D eigenvalue weighted by molar-refractivity contribution is 0.190. The Kier molecular flexibility index (Phi) is 7.38. The zero-order chi connectivity index (χ0) is 14.3. The number of halogens is 1. The molecule has 4 nitrogen and oxygen atoms in total. The van der Waals surface area contributed by atoms with Gasteiger partial charge in [0, 0.05) is 31.8 Å². The number of aliphatic hydroxyl groups excluding tert-OH is 1. The zero-order valence-corrected chi connectivity index (χ0v) is 13.3. The van der Waals surface area contributed by atoms with Crippen molar-refractivity contribution in [3.63, 3.8) is 0 Å². The van der Waals surface area contributed by atoms with Crippen LogP contribution in [0.1, 0.15) is 18.6 Å². The summed E-state index contributed by atoms with van der Waals surface area (Å²) < 4.78 is 11.2. The fraction of sp³-hybridized carbons (Fsp3) is 0.571. The van der Waals surface area contributed by atoms with Gasteiger partial charge in [0.25, 0.3) is 0 Å². The Morgan fingerprint density at radius 1 is 1.21 bits per heavy atom. The molecule has 0 aromatic heterocycles. The van der Waals surface area contributed by atoms with Crippen molar-refractivity contribution < 1.29 is 14.6 Å². The number of ether oxygens (including phenoxy) is 2. The molecule has 0 radical (unpaired) electrons. The molecule has 19 heavy (non-hydrogen) atoms. The summed E-state index contributed by atoms with van der Waals surface area (Å²) in [5.74, 6) is 0. The fourth-order valence-electron chi connectivity index (χ4n) is 1.80. The highest BCUT2D eigenvalue weighted by atomic mass is 79.9. The van der Waals surface area contributed by atoms with Gasteiger partial charge < -0.3 is 19.5 Å². The van der Waals surface area contributed by atoms with Crippen molar-refractivity contribution in [2.75, 3.05) is 45.4 Å². The van der Waals surface area contributed by atoms with Crippen LogP contribution in [-0.2, 0) is 9.47 Å². The van der Waals surface area contributed by atoms with Crippen molar-refractivity contribution in [1.82, 2.24) is 0 Å². The van der Waals surface area contributed by atoms with E-state index in [1.165, 1.54) is 0 Å². The van der Waals surface area contributed by atoms with Crippen molar-refractivity contribution in [2.45, 2.75) is 13.0 Å². The zero-order valence-electron chi connectivity index (χ0n) is 11.7. The van der Waals surface area contributed by atoms with E-state index in [9.17, 15) is 5.11 Å². The molecule has 0 aliphatic rings. The second-order valence-electron chi connectivity index (χ2n) is 4.36. The van der Waals surface area contributed by atoms with E-state index < -0.39 is 6.10 Å². The largest absolute Gasteiger partial charge is 0.389 e. The third-order valence-corrected chi connectivity index (χ3v) is 3.56. The number of methoxy groups -OCH3 is 2. The van der Waals surface area contributed by atoms with Gasteiger partial charge in [-0.15, -0.1) is 0 Å². The normalized spacial score (nSPS) is 12.5. The second kappa shape index (κ2) is 8.53. The van der Waals surface area contributed by atoms with E-state index in [0.29, 0.717) is 13.2 Å². The molecule has 1 aromatic rings. The predicted octanol–water partition coefficient (Wildman–Crippen LogP) is 2.60. The highest BCUT2D eigenvalue weighted by Crippen LogP contribution is 2.29. The first kappa shape index (κ1) is 16.4. The lowest BCUT2D eigenvalue weighted by Crippen LogP contribution is -2.30. The lowest BCUT2D eigenvalue weighted by atomic mass is 10.1. The quantitative estimate of drug-likeness (QED) is 0.795. The van der Waals surface area contributed by atoms with Gasteiger partial charge in [0.15, 0.2) is 0 Å². The molecule has 0 amide bonds. The first-order valence-corrected chi connectivity index (χ1v) is 7.09. The third-order valence-electron chi connectivity index (χ3n) is 2.93. The number of hydrogen-bond donors (Lipinski definition) is 1. The van der Waals surface area contributed by atoms with Gasteiger partial charge in [-0.05, 0) is 40.5 Å². The van der Waals surface area contributed by atoms with Gasteiger partial charge in [0.05, 0.1) is 25.0 Å². The molecule has 0 unspecified atom stereocenters. The molecule has 108 valence electrons. The Hall–Kier alpha value is -0.620. The number of benzene rings is 1. The Balaban J connectivity index is 2.87. The van der Waals surface area contributed by atoms with Crippen molar-refractivity contribution in [2.24, 2.45) is 0 Å². The average Bonchev–Trinajstić information content (AvgIpc) is 2.39. The molecule has 5 heteroatoms. The van der Waals surface area contributed by atoms with E-state index in [0.717, 1.165) is 28.8 Å². The maximum atomic E-state index is 9.59. The van der Waals surface area contributed by atoms with Crippen LogP contribution in [0.15, 0.2) is 22.7 Å². The molecule has 1 N–H and O–H groups in total. The van der Waals surface area contributed by atoms with E-state index in [1.54, 1.807) is 21.1 Å². The Morgan fingerprint density at radius 2 is 1.79 bits per heavy atom. The van der Waals surface area contributed by atoms with Gasteiger partial charge in [-0.2, -0.15) is 0 Å². The molecule has 1 aromatic carbocycles.